The van der Waals surface area contributed by atoms with Crippen LogP contribution < -0.4 is 9.64 Å². The number of allylic oxidation sites excluding steroid dienone is 2. The molecule has 4 aliphatic rings. The van der Waals surface area contributed by atoms with Crippen LogP contribution in [0.15, 0.2) is 84.4 Å². The van der Waals surface area contributed by atoms with Crippen LogP contribution in [0, 0.1) is 29.1 Å². The molecule has 0 bridgehead atoms. The fourth-order valence-electron chi connectivity index (χ4n) is 8.26. The lowest BCUT2D eigenvalue weighted by Crippen LogP contribution is -2.49. The second-order valence-electron chi connectivity index (χ2n) is 12.7. The van der Waals surface area contributed by atoms with Crippen molar-refractivity contribution in [3.8, 4) is 17.2 Å². The summed E-state index contributed by atoms with van der Waals surface area (Å²) in [4.78, 5) is 59.0. The van der Waals surface area contributed by atoms with Crippen LogP contribution >= 0.6 is 0 Å². The maximum atomic E-state index is 14.5. The Kier molecular flexibility index (Phi) is 6.80. The molecule has 2 aliphatic heterocycles. The number of rotatable bonds is 6. The molecule has 3 aromatic rings. The molecule has 2 heterocycles. The number of ether oxygens (including phenoxy) is 1. The molecule has 2 aliphatic carbocycles. The van der Waals surface area contributed by atoms with E-state index in [9.17, 15) is 29.4 Å². The van der Waals surface area contributed by atoms with Gasteiger partial charge in [-0.15, -0.1) is 0 Å². The molecule has 3 fully saturated rings. The molecule has 0 radical (unpaired) electrons. The minimum absolute atomic E-state index is 0.0350. The van der Waals surface area contributed by atoms with E-state index in [2.05, 4.69) is 0 Å². The number of amides is 4. The normalized spacial score (nSPS) is 28.9. The number of aromatic hydroxyl groups is 2. The number of likely N-dealkylation sites (tertiary alicyclic amines) is 1. The average Bonchev–Trinajstić information content (AvgIpc) is 3.40. The van der Waals surface area contributed by atoms with Crippen LogP contribution in [-0.2, 0) is 25.6 Å². The minimum Gasteiger partial charge on any atom is -0.508 e. The van der Waals surface area contributed by atoms with Crippen molar-refractivity contribution in [3.63, 3.8) is 0 Å². The zero-order valence-corrected chi connectivity index (χ0v) is 25.1. The summed E-state index contributed by atoms with van der Waals surface area (Å²) in [5, 5.41) is 20.8. The van der Waals surface area contributed by atoms with Gasteiger partial charge in [0.05, 0.1) is 36.0 Å². The van der Waals surface area contributed by atoms with Crippen molar-refractivity contribution < 1.29 is 34.1 Å². The predicted molar refractivity (Wildman–Crippen MR) is 164 cm³/mol. The Labute approximate surface area is 260 Å². The summed E-state index contributed by atoms with van der Waals surface area (Å²) in [6, 6.07) is 20.3. The van der Waals surface area contributed by atoms with Gasteiger partial charge >= 0.3 is 0 Å². The summed E-state index contributed by atoms with van der Waals surface area (Å²) in [6.07, 6.45) is 2.98. The maximum Gasteiger partial charge on any atom is 0.241 e. The summed E-state index contributed by atoms with van der Waals surface area (Å²) in [7, 11) is 1.52. The molecule has 9 nitrogen and oxygen atoms in total. The molecule has 4 amide bonds. The van der Waals surface area contributed by atoms with Crippen molar-refractivity contribution in [1.82, 2.24) is 4.90 Å². The smallest absolute Gasteiger partial charge is 0.241 e. The number of nitrogens with zero attached hydrogens (tertiary/aromatic N) is 2. The maximum absolute atomic E-state index is 14.5. The van der Waals surface area contributed by atoms with Gasteiger partial charge in [-0.3, -0.25) is 24.1 Å². The predicted octanol–water partition coefficient (Wildman–Crippen LogP) is 4.58. The summed E-state index contributed by atoms with van der Waals surface area (Å²) >= 11 is 0. The van der Waals surface area contributed by atoms with E-state index in [0.29, 0.717) is 29.8 Å². The number of carbonyl (C=O) groups excluding carboxylic acids is 4. The summed E-state index contributed by atoms with van der Waals surface area (Å²) < 4.78 is 5.49. The molecular formula is C36H34N2O7. The van der Waals surface area contributed by atoms with Gasteiger partial charge in [0.1, 0.15) is 17.2 Å². The number of benzene rings is 3. The zero-order chi connectivity index (χ0) is 31.6. The summed E-state index contributed by atoms with van der Waals surface area (Å²) in [5.41, 5.74) is 1.36. The van der Waals surface area contributed by atoms with Gasteiger partial charge in [-0.05, 0) is 80.1 Å². The Hall–Kier alpha value is -4.92. The highest BCUT2D eigenvalue weighted by Gasteiger charge is 2.67. The lowest BCUT2D eigenvalue weighted by Gasteiger charge is -2.49. The highest BCUT2D eigenvalue weighted by molar-refractivity contribution is 6.24. The molecule has 1 saturated carbocycles. The number of fused-ring (bicyclic) bond motifs is 4. The lowest BCUT2D eigenvalue weighted by molar-refractivity contribution is -0.140. The first kappa shape index (κ1) is 28.8. The third kappa shape index (κ3) is 4.28. The third-order valence-electron chi connectivity index (χ3n) is 10.5. The minimum atomic E-state index is -1.25. The molecule has 2 saturated heterocycles. The Bertz CT molecular complexity index is 1750. The van der Waals surface area contributed by atoms with Crippen molar-refractivity contribution >= 4 is 29.3 Å². The number of phenolic OH excluding ortho intramolecular Hbond substituents is 2. The Morgan fingerprint density at radius 3 is 2.33 bits per heavy atom. The van der Waals surface area contributed by atoms with Crippen LogP contribution in [0.2, 0.25) is 0 Å². The number of hydrogen-bond donors (Lipinski definition) is 2. The second kappa shape index (κ2) is 10.6. The molecule has 230 valence electrons. The van der Waals surface area contributed by atoms with Crippen LogP contribution in [0.1, 0.15) is 36.8 Å². The van der Waals surface area contributed by atoms with Crippen LogP contribution in [0.4, 0.5) is 5.69 Å². The number of hydrogen-bond acceptors (Lipinski definition) is 7. The van der Waals surface area contributed by atoms with E-state index >= 15 is 0 Å². The van der Waals surface area contributed by atoms with E-state index in [0.717, 1.165) is 11.1 Å². The molecule has 3 aromatic carbocycles. The molecule has 9 heteroatoms. The van der Waals surface area contributed by atoms with Gasteiger partial charge in [0.15, 0.2) is 0 Å². The zero-order valence-electron chi connectivity index (χ0n) is 25.1. The SMILES string of the molecule is COc1ccc(O)c(C2C3=CCC4C(=O)N(CCc5ccc(O)cc5)C(=O)C4C3CC3C(=O)N(c4ccccc4)C(=O)C32C)c1. The van der Waals surface area contributed by atoms with Crippen LogP contribution in [-0.4, -0.2) is 52.4 Å². The molecule has 0 spiro atoms. The van der Waals surface area contributed by atoms with Crippen molar-refractivity contribution in [2.24, 2.45) is 29.1 Å². The topological polar surface area (TPSA) is 124 Å². The van der Waals surface area contributed by atoms with Gasteiger partial charge in [-0.2, -0.15) is 0 Å². The third-order valence-corrected chi connectivity index (χ3v) is 10.5. The van der Waals surface area contributed by atoms with Crippen molar-refractivity contribution in [3.05, 3.63) is 95.6 Å². The number of phenols is 2. The number of imide groups is 2. The number of carbonyl (C=O) groups is 4. The Morgan fingerprint density at radius 2 is 1.62 bits per heavy atom. The molecule has 6 unspecified atom stereocenters. The fraction of sp³-hybridized carbons (Fsp3) is 0.333. The van der Waals surface area contributed by atoms with E-state index in [4.69, 9.17) is 4.74 Å². The fourth-order valence-corrected chi connectivity index (χ4v) is 8.26. The summed E-state index contributed by atoms with van der Waals surface area (Å²) in [5.74, 6) is -3.82. The molecule has 2 N–H and O–H groups in total. The largest absolute Gasteiger partial charge is 0.508 e. The highest BCUT2D eigenvalue weighted by Crippen LogP contribution is 2.64. The molecule has 0 aromatic heterocycles. The number of para-hydroxylation sites is 1. The second-order valence-corrected chi connectivity index (χ2v) is 12.7. The lowest BCUT2D eigenvalue weighted by atomic mass is 9.51. The highest BCUT2D eigenvalue weighted by atomic mass is 16.5. The van der Waals surface area contributed by atoms with Gasteiger partial charge < -0.3 is 14.9 Å². The van der Waals surface area contributed by atoms with E-state index in [1.807, 2.05) is 12.1 Å². The van der Waals surface area contributed by atoms with Crippen molar-refractivity contribution in [2.75, 3.05) is 18.6 Å². The molecule has 6 atom stereocenters. The monoisotopic (exact) mass is 606 g/mol. The van der Waals surface area contributed by atoms with E-state index in [1.165, 1.54) is 23.0 Å². The Morgan fingerprint density at radius 1 is 0.889 bits per heavy atom. The van der Waals surface area contributed by atoms with Crippen LogP contribution in [0.3, 0.4) is 0 Å². The average molecular weight is 607 g/mol. The van der Waals surface area contributed by atoms with E-state index < -0.39 is 35.0 Å². The van der Waals surface area contributed by atoms with Gasteiger partial charge in [0, 0.05) is 18.0 Å². The molecular weight excluding hydrogens is 572 g/mol. The summed E-state index contributed by atoms with van der Waals surface area (Å²) in [6.45, 7) is 2.00. The molecule has 45 heavy (non-hydrogen) atoms. The quantitative estimate of drug-likeness (QED) is 0.311. The van der Waals surface area contributed by atoms with E-state index in [1.54, 1.807) is 67.6 Å². The first-order valence-electron chi connectivity index (χ1n) is 15.3. The standard InChI is InChI=1S/C36H34N2O7/c1-36-28(33(42)38(35(36)44)21-6-4-3-5-7-21)19-26-24(31(36)27-18-23(45-2)12-15-29(27)40)13-14-25-30(26)34(43)37(32(25)41)17-16-20-8-10-22(39)11-9-20/h3-13,15,18,25-26,28,30-31,39-40H,14,16-17,19H2,1-2H3. The van der Waals surface area contributed by atoms with Crippen molar-refractivity contribution in [1.29, 1.82) is 0 Å². The van der Waals surface area contributed by atoms with Crippen LogP contribution in [0.25, 0.3) is 0 Å². The Balaban J connectivity index is 1.30. The number of anilines is 1. The van der Waals surface area contributed by atoms with Crippen LogP contribution in [0.5, 0.6) is 17.2 Å². The van der Waals surface area contributed by atoms with Gasteiger partial charge in [-0.1, -0.05) is 42.0 Å². The molecule has 7 rings (SSSR count). The van der Waals surface area contributed by atoms with Crippen molar-refractivity contribution in [2.45, 2.75) is 32.1 Å². The van der Waals surface area contributed by atoms with Gasteiger partial charge in [0.2, 0.25) is 23.6 Å². The van der Waals surface area contributed by atoms with Gasteiger partial charge in [0.25, 0.3) is 0 Å². The first-order valence-corrected chi connectivity index (χ1v) is 15.3. The van der Waals surface area contributed by atoms with E-state index in [-0.39, 0.29) is 48.1 Å². The first-order chi connectivity index (χ1) is 21.6. The van der Waals surface area contributed by atoms with Gasteiger partial charge in [-0.25, -0.2) is 4.90 Å². The number of methoxy groups -OCH3 is 1.